The third-order valence-electron chi connectivity index (χ3n) is 7.67. The maximum atomic E-state index is 6.23. The molecule has 3 heteroatoms. The lowest BCUT2D eigenvalue weighted by atomic mass is 9.98. The first-order chi connectivity index (χ1) is 19.2. The molecule has 0 aliphatic heterocycles. The van der Waals surface area contributed by atoms with Gasteiger partial charge in [-0.05, 0) is 76.9 Å². The van der Waals surface area contributed by atoms with Crippen LogP contribution in [0.2, 0.25) is 0 Å². The van der Waals surface area contributed by atoms with Crippen LogP contribution in [-0.2, 0) is 0 Å². The van der Waals surface area contributed by atoms with Gasteiger partial charge in [0, 0.05) is 20.6 Å². The zero-order valence-electron chi connectivity index (χ0n) is 20.9. The van der Waals surface area contributed by atoms with E-state index in [9.17, 15) is 0 Å². The van der Waals surface area contributed by atoms with Crippen LogP contribution in [0.3, 0.4) is 0 Å². The van der Waals surface area contributed by atoms with Crippen molar-refractivity contribution in [3.63, 3.8) is 0 Å². The molecule has 184 valence electrons. The number of para-hydroxylation sites is 2. The van der Waals surface area contributed by atoms with Gasteiger partial charge in [0.1, 0.15) is 11.2 Å². The van der Waals surface area contributed by atoms with Crippen LogP contribution in [0.5, 0.6) is 0 Å². The molecule has 0 unspecified atom stereocenters. The van der Waals surface area contributed by atoms with Crippen molar-refractivity contribution in [3.05, 3.63) is 138 Å². The predicted molar refractivity (Wildman–Crippen MR) is 167 cm³/mol. The molecule has 6 aromatic carbocycles. The molecule has 0 radical (unpaired) electrons. The van der Waals surface area contributed by atoms with Crippen LogP contribution in [0.15, 0.2) is 142 Å². The average Bonchev–Trinajstić information content (AvgIpc) is 3.53. The van der Waals surface area contributed by atoms with Crippen molar-refractivity contribution in [2.24, 2.45) is 0 Å². The second-order valence-electron chi connectivity index (χ2n) is 9.92. The molecule has 0 saturated heterocycles. The second kappa shape index (κ2) is 8.72. The molecule has 8 aromatic rings. The van der Waals surface area contributed by atoms with Crippen LogP contribution in [0.1, 0.15) is 0 Å². The van der Waals surface area contributed by atoms with Crippen molar-refractivity contribution >= 4 is 59.7 Å². The number of hydrogen-bond donors (Lipinski definition) is 0. The monoisotopic (exact) mass is 563 g/mol. The Bertz CT molecular complexity index is 2180. The Morgan fingerprint density at radius 3 is 1.97 bits per heavy atom. The molecule has 0 aliphatic rings. The summed E-state index contributed by atoms with van der Waals surface area (Å²) in [4.78, 5) is 0. The van der Waals surface area contributed by atoms with Gasteiger partial charge in [0.25, 0.3) is 0 Å². The van der Waals surface area contributed by atoms with E-state index in [1.165, 1.54) is 44.1 Å². The summed E-state index contributed by atoms with van der Waals surface area (Å²) in [5, 5.41) is 4.75. The van der Waals surface area contributed by atoms with Gasteiger partial charge in [-0.3, -0.25) is 0 Å². The minimum Gasteiger partial charge on any atom is -0.456 e. The zero-order chi connectivity index (χ0) is 25.9. The van der Waals surface area contributed by atoms with E-state index in [0.29, 0.717) is 0 Å². The smallest absolute Gasteiger partial charge is 0.137 e. The third-order valence-corrected chi connectivity index (χ3v) is 8.20. The number of nitrogens with zero attached hydrogens (tertiary/aromatic N) is 1. The number of furan rings is 1. The summed E-state index contributed by atoms with van der Waals surface area (Å²) < 4.78 is 9.70. The Morgan fingerprint density at radius 2 is 1.10 bits per heavy atom. The normalized spacial score (nSPS) is 11.7. The van der Waals surface area contributed by atoms with Crippen LogP contribution in [0, 0.1) is 0 Å². The number of rotatable bonds is 3. The Labute approximate surface area is 233 Å². The Hall–Kier alpha value is -4.60. The molecule has 0 aliphatic carbocycles. The van der Waals surface area contributed by atoms with E-state index in [0.717, 1.165) is 32.1 Å². The van der Waals surface area contributed by atoms with Crippen molar-refractivity contribution in [1.82, 2.24) is 4.57 Å². The Morgan fingerprint density at radius 1 is 0.462 bits per heavy atom. The van der Waals surface area contributed by atoms with Crippen molar-refractivity contribution in [1.29, 1.82) is 0 Å². The number of hydrogen-bond acceptors (Lipinski definition) is 1. The average molecular weight is 564 g/mol. The van der Waals surface area contributed by atoms with E-state index in [4.69, 9.17) is 4.42 Å². The lowest BCUT2D eigenvalue weighted by Gasteiger charge is -2.10. The fraction of sp³-hybridized carbons (Fsp3) is 0. The molecule has 0 atom stereocenters. The summed E-state index contributed by atoms with van der Waals surface area (Å²) in [6.07, 6.45) is 0. The molecule has 2 nitrogen and oxygen atoms in total. The van der Waals surface area contributed by atoms with Gasteiger partial charge in [0.05, 0.1) is 22.1 Å². The van der Waals surface area contributed by atoms with Crippen LogP contribution >= 0.6 is 15.9 Å². The SMILES string of the molecule is Brc1ccc(-c2cccc(-c3ccc4c(c3)c3ccccc3n4-c3cccc4oc5ccccc5c34)c2)cc1. The van der Waals surface area contributed by atoms with Crippen LogP contribution in [0.25, 0.3) is 71.7 Å². The molecule has 0 spiro atoms. The standard InChI is InChI=1S/C36H22BrNO/c37-27-18-15-23(16-19-27)24-7-5-8-25(21-24)26-17-20-32-30(22-26)28-9-1-3-11-31(28)38(32)33-12-6-14-35-36(33)29-10-2-4-13-34(29)39-35/h1-22H. The van der Waals surface area contributed by atoms with Gasteiger partial charge in [-0.1, -0.05) is 94.8 Å². The first kappa shape index (κ1) is 22.4. The van der Waals surface area contributed by atoms with Crippen molar-refractivity contribution < 1.29 is 4.42 Å². The molecule has 0 amide bonds. The predicted octanol–water partition coefficient (Wildman–Crippen LogP) is 10.8. The molecule has 0 bridgehead atoms. The lowest BCUT2D eigenvalue weighted by molar-refractivity contribution is 0.669. The minimum absolute atomic E-state index is 0.904. The highest BCUT2D eigenvalue weighted by molar-refractivity contribution is 9.10. The summed E-state index contributed by atoms with van der Waals surface area (Å²) in [7, 11) is 0. The molecule has 0 saturated carbocycles. The topological polar surface area (TPSA) is 18.1 Å². The van der Waals surface area contributed by atoms with Gasteiger partial charge in [0.15, 0.2) is 0 Å². The second-order valence-corrected chi connectivity index (χ2v) is 10.8. The van der Waals surface area contributed by atoms with Crippen molar-refractivity contribution in [3.8, 4) is 27.9 Å². The van der Waals surface area contributed by atoms with Crippen LogP contribution in [-0.4, -0.2) is 4.57 Å². The van der Waals surface area contributed by atoms with Gasteiger partial charge in [0.2, 0.25) is 0 Å². The highest BCUT2D eigenvalue weighted by atomic mass is 79.9. The third kappa shape index (κ3) is 3.54. The minimum atomic E-state index is 0.904. The number of aromatic nitrogens is 1. The largest absolute Gasteiger partial charge is 0.456 e. The Kier molecular flexibility index (Phi) is 5.01. The van der Waals surface area contributed by atoms with E-state index >= 15 is 0 Å². The maximum Gasteiger partial charge on any atom is 0.137 e. The quantitative estimate of drug-likeness (QED) is 0.209. The summed E-state index contributed by atoms with van der Waals surface area (Å²) in [5.41, 5.74) is 10.1. The fourth-order valence-electron chi connectivity index (χ4n) is 5.87. The van der Waals surface area contributed by atoms with E-state index < -0.39 is 0 Å². The molecule has 0 fully saturated rings. The molecule has 39 heavy (non-hydrogen) atoms. The summed E-state index contributed by atoms with van der Waals surface area (Å²) in [6.45, 7) is 0. The van der Waals surface area contributed by atoms with E-state index in [1.54, 1.807) is 0 Å². The summed E-state index contributed by atoms with van der Waals surface area (Å²) in [5.74, 6) is 0. The lowest BCUT2D eigenvalue weighted by Crippen LogP contribution is -1.94. The van der Waals surface area contributed by atoms with Gasteiger partial charge in [-0.25, -0.2) is 0 Å². The van der Waals surface area contributed by atoms with E-state index in [2.05, 4.69) is 142 Å². The first-order valence-electron chi connectivity index (χ1n) is 13.0. The zero-order valence-corrected chi connectivity index (χ0v) is 22.5. The van der Waals surface area contributed by atoms with Gasteiger partial charge >= 0.3 is 0 Å². The fourth-order valence-corrected chi connectivity index (χ4v) is 6.14. The van der Waals surface area contributed by atoms with Crippen LogP contribution < -0.4 is 0 Å². The molecule has 2 heterocycles. The first-order valence-corrected chi connectivity index (χ1v) is 13.8. The van der Waals surface area contributed by atoms with Crippen molar-refractivity contribution in [2.45, 2.75) is 0 Å². The highest BCUT2D eigenvalue weighted by Crippen LogP contribution is 2.39. The molecular formula is C36H22BrNO. The number of halogens is 1. The molecule has 2 aromatic heterocycles. The number of fused-ring (bicyclic) bond motifs is 6. The summed E-state index contributed by atoms with van der Waals surface area (Å²) in [6, 6.07) is 47.4. The van der Waals surface area contributed by atoms with Crippen LogP contribution in [0.4, 0.5) is 0 Å². The maximum absolute atomic E-state index is 6.23. The van der Waals surface area contributed by atoms with Crippen molar-refractivity contribution in [2.75, 3.05) is 0 Å². The number of benzene rings is 6. The summed E-state index contributed by atoms with van der Waals surface area (Å²) >= 11 is 3.55. The molecular weight excluding hydrogens is 542 g/mol. The molecule has 0 N–H and O–H groups in total. The van der Waals surface area contributed by atoms with E-state index in [-0.39, 0.29) is 0 Å². The van der Waals surface area contributed by atoms with Gasteiger partial charge < -0.3 is 8.98 Å². The molecule has 8 rings (SSSR count). The highest BCUT2D eigenvalue weighted by Gasteiger charge is 2.18. The van der Waals surface area contributed by atoms with Gasteiger partial charge in [-0.2, -0.15) is 0 Å². The van der Waals surface area contributed by atoms with E-state index in [1.807, 2.05) is 12.1 Å². The Balaban J connectivity index is 1.36. The van der Waals surface area contributed by atoms with Gasteiger partial charge in [-0.15, -0.1) is 0 Å².